The Labute approximate surface area is 89.4 Å². The predicted octanol–water partition coefficient (Wildman–Crippen LogP) is 4.07. The van der Waals surface area contributed by atoms with Crippen LogP contribution in [-0.2, 0) is 0 Å². The summed E-state index contributed by atoms with van der Waals surface area (Å²) in [5.41, 5.74) is 1.09. The summed E-state index contributed by atoms with van der Waals surface area (Å²) in [7, 11) is -1.28. The topological polar surface area (TPSA) is 15.3 Å². The molecule has 0 amide bonds. The average Bonchev–Trinajstić information content (AvgIpc) is 2.47. The molecule has 1 saturated heterocycles. The van der Waals surface area contributed by atoms with Gasteiger partial charge in [0.2, 0.25) is 0 Å². The molecule has 6 heteroatoms. The van der Waals surface area contributed by atoms with Crippen LogP contribution in [0.15, 0.2) is 30.3 Å². The number of halogens is 2. The third kappa shape index (κ3) is 2.26. The van der Waals surface area contributed by atoms with Crippen molar-refractivity contribution in [3.8, 4) is 0 Å². The number of rotatable bonds is 1. The number of nitrogens with zero attached hydrogens (tertiary/aromatic N) is 1. The van der Waals surface area contributed by atoms with Gasteiger partial charge in [0, 0.05) is 0 Å². The molecule has 1 N–H and O–H groups in total. The molecule has 1 fully saturated rings. The van der Waals surface area contributed by atoms with Gasteiger partial charge in [0.1, 0.15) is 7.43 Å². The van der Waals surface area contributed by atoms with Crippen molar-refractivity contribution < 1.29 is 0 Å². The summed E-state index contributed by atoms with van der Waals surface area (Å²) in [6.45, 7) is 0. The highest BCUT2D eigenvalue weighted by Crippen LogP contribution is 2.64. The monoisotopic (exact) mass is 252 g/mol. The lowest BCUT2D eigenvalue weighted by Gasteiger charge is -2.20. The summed E-state index contributed by atoms with van der Waals surface area (Å²) in [5.74, 6) is 0.878. The van der Waals surface area contributed by atoms with Crippen LogP contribution in [-0.4, -0.2) is 5.90 Å². The van der Waals surface area contributed by atoms with Crippen LogP contribution < -0.4 is 9.98 Å². The molecule has 2 unspecified atom stereocenters. The van der Waals surface area contributed by atoms with Crippen LogP contribution in [0.25, 0.3) is 0 Å². The van der Waals surface area contributed by atoms with Gasteiger partial charge in [-0.05, 0) is 12.1 Å². The first-order valence-electron chi connectivity index (χ1n) is 3.75. The number of nitrogens with one attached hydrogen (secondary N) is 1. The molecule has 13 heavy (non-hydrogen) atoms. The maximum atomic E-state index is 6.17. The molecular formula is C7H8Cl2N2P2. The second-order valence-electron chi connectivity index (χ2n) is 2.59. The van der Waals surface area contributed by atoms with Crippen LogP contribution in [0.5, 0.6) is 0 Å². The zero-order chi connectivity index (χ0) is 9.26. The van der Waals surface area contributed by atoms with E-state index in [2.05, 4.69) is 5.20 Å². The highest BCUT2D eigenvalue weighted by Gasteiger charge is 2.29. The first kappa shape index (κ1) is 9.96. The first-order chi connectivity index (χ1) is 6.27. The first-order valence-corrected chi connectivity index (χ1v) is 8.57. The Morgan fingerprint density at radius 1 is 1.23 bits per heavy atom. The second-order valence-corrected chi connectivity index (χ2v) is 8.11. The normalized spacial score (nSPS) is 28.0. The molecule has 1 heterocycles. The van der Waals surface area contributed by atoms with E-state index in [-0.39, 0.29) is 0 Å². The van der Waals surface area contributed by atoms with Gasteiger partial charge in [-0.25, -0.2) is 0 Å². The molecular weight excluding hydrogens is 245 g/mol. The summed E-state index contributed by atoms with van der Waals surface area (Å²) in [6.07, 6.45) is 0. The minimum Gasteiger partial charge on any atom is -0.267 e. The van der Waals surface area contributed by atoms with E-state index in [1.165, 1.54) is 0 Å². The summed E-state index contributed by atoms with van der Waals surface area (Å²) < 4.78 is 1.98. The van der Waals surface area contributed by atoms with E-state index in [1.54, 1.807) is 0 Å². The molecule has 70 valence electrons. The number of hydrazine groups is 1. The van der Waals surface area contributed by atoms with Crippen molar-refractivity contribution in [3.63, 3.8) is 0 Å². The van der Waals surface area contributed by atoms with Crippen LogP contribution in [0.3, 0.4) is 0 Å². The van der Waals surface area contributed by atoms with Gasteiger partial charge < -0.3 is 0 Å². The fourth-order valence-corrected chi connectivity index (χ4v) is 7.41. The van der Waals surface area contributed by atoms with Crippen molar-refractivity contribution in [1.29, 1.82) is 0 Å². The molecule has 0 aromatic heterocycles. The van der Waals surface area contributed by atoms with Crippen molar-refractivity contribution in [2.45, 2.75) is 0 Å². The number of hydrogen-bond acceptors (Lipinski definition) is 2. The number of hydrogen-bond donors (Lipinski definition) is 1. The van der Waals surface area contributed by atoms with E-state index in [0.717, 1.165) is 11.6 Å². The van der Waals surface area contributed by atoms with Crippen molar-refractivity contribution in [2.75, 3.05) is 10.7 Å². The number of para-hydroxylation sites is 1. The Balaban J connectivity index is 2.18. The summed E-state index contributed by atoms with van der Waals surface area (Å²) in [5, 5.41) is 3.18. The molecule has 2 rings (SSSR count). The van der Waals surface area contributed by atoms with Crippen LogP contribution in [0.2, 0.25) is 0 Å². The van der Waals surface area contributed by atoms with E-state index in [0.29, 0.717) is 0 Å². The van der Waals surface area contributed by atoms with E-state index < -0.39 is 14.9 Å². The molecule has 0 spiro atoms. The van der Waals surface area contributed by atoms with Gasteiger partial charge in [0.05, 0.1) is 19.0 Å². The molecule has 0 radical (unpaired) electrons. The second kappa shape index (κ2) is 4.29. The van der Waals surface area contributed by atoms with Crippen LogP contribution >= 0.6 is 37.3 Å². The zero-order valence-electron chi connectivity index (χ0n) is 6.69. The number of benzene rings is 1. The average molecular weight is 253 g/mol. The van der Waals surface area contributed by atoms with E-state index >= 15 is 0 Å². The van der Waals surface area contributed by atoms with E-state index in [4.69, 9.17) is 22.5 Å². The molecule has 2 nitrogen and oxygen atoms in total. The third-order valence-corrected chi connectivity index (χ3v) is 7.53. The molecule has 0 bridgehead atoms. The highest BCUT2D eigenvalue weighted by atomic mass is 35.7. The lowest BCUT2D eigenvalue weighted by atomic mass is 10.3. The molecule has 1 aliphatic rings. The smallest absolute Gasteiger partial charge is 0.112 e. The van der Waals surface area contributed by atoms with Gasteiger partial charge in [0.25, 0.3) is 0 Å². The van der Waals surface area contributed by atoms with Crippen LogP contribution in [0, 0.1) is 0 Å². The van der Waals surface area contributed by atoms with Crippen molar-refractivity contribution in [2.24, 2.45) is 0 Å². The van der Waals surface area contributed by atoms with Crippen molar-refractivity contribution in [3.05, 3.63) is 30.3 Å². The van der Waals surface area contributed by atoms with Gasteiger partial charge in [-0.15, -0.1) is 0 Å². The van der Waals surface area contributed by atoms with Gasteiger partial charge >= 0.3 is 0 Å². The standard InChI is InChI=1S/C7H8Cl2N2P2/c8-12-6-13(9)11(10-12)7-4-2-1-3-5-7/h1-5,10H,6H2. The maximum Gasteiger partial charge on any atom is 0.112 e. The fourth-order valence-electron chi connectivity index (χ4n) is 1.10. The van der Waals surface area contributed by atoms with Gasteiger partial charge in [0.15, 0.2) is 0 Å². The summed E-state index contributed by atoms with van der Waals surface area (Å²) in [4.78, 5) is 0. The number of anilines is 1. The lowest BCUT2D eigenvalue weighted by molar-refractivity contribution is 1.09. The summed E-state index contributed by atoms with van der Waals surface area (Å²) in [6, 6.07) is 10.0. The SMILES string of the molecule is ClP1CP(Cl)N(c2ccccc2)N1. The Morgan fingerprint density at radius 2 is 1.92 bits per heavy atom. The van der Waals surface area contributed by atoms with Crippen molar-refractivity contribution >= 4 is 43.0 Å². The third-order valence-electron chi connectivity index (χ3n) is 1.66. The summed E-state index contributed by atoms with van der Waals surface area (Å²) >= 11 is 12.2. The van der Waals surface area contributed by atoms with Gasteiger partial charge in [-0.2, -0.15) is 5.20 Å². The molecule has 0 saturated carbocycles. The van der Waals surface area contributed by atoms with Crippen LogP contribution in [0.4, 0.5) is 5.69 Å². The van der Waals surface area contributed by atoms with E-state index in [1.807, 2.05) is 35.1 Å². The maximum absolute atomic E-state index is 6.17. The Morgan fingerprint density at radius 3 is 2.46 bits per heavy atom. The molecule has 1 aliphatic heterocycles. The van der Waals surface area contributed by atoms with E-state index in [9.17, 15) is 0 Å². The molecule has 1 aromatic rings. The Kier molecular flexibility index (Phi) is 3.29. The Hall–Kier alpha value is 0.420. The van der Waals surface area contributed by atoms with Gasteiger partial charge in [-0.1, -0.05) is 40.7 Å². The molecule has 1 aromatic carbocycles. The highest BCUT2D eigenvalue weighted by molar-refractivity contribution is 8.00. The van der Waals surface area contributed by atoms with Crippen molar-refractivity contribution in [1.82, 2.24) is 5.20 Å². The van der Waals surface area contributed by atoms with Gasteiger partial charge in [-0.3, -0.25) is 4.78 Å². The molecule has 0 aliphatic carbocycles. The lowest BCUT2D eigenvalue weighted by Crippen LogP contribution is -2.20. The molecule has 2 atom stereocenters. The zero-order valence-corrected chi connectivity index (χ0v) is 9.99. The Bertz CT molecular complexity index is 285. The minimum atomic E-state index is -0.653. The fraction of sp³-hybridized carbons (Fsp3) is 0.143. The predicted molar refractivity (Wildman–Crippen MR) is 62.5 cm³/mol. The largest absolute Gasteiger partial charge is 0.267 e. The minimum absolute atomic E-state index is 0.622. The van der Waals surface area contributed by atoms with Crippen LogP contribution in [0.1, 0.15) is 0 Å². The quantitative estimate of drug-likeness (QED) is 0.759.